The number of unbranched alkanes of at least 4 members (excludes halogenated alkanes) is 1. The van der Waals surface area contributed by atoms with Crippen molar-refractivity contribution in [2.24, 2.45) is 14.1 Å². The average Bonchev–Trinajstić information content (AvgIpc) is 3.16. The van der Waals surface area contributed by atoms with E-state index in [0.717, 1.165) is 45.6 Å². The van der Waals surface area contributed by atoms with Crippen LogP contribution >= 0.6 is 0 Å². The molecular formula is C23H32N6O2. The fraction of sp³-hybridized carbons (Fsp3) is 0.522. The molecule has 166 valence electrons. The van der Waals surface area contributed by atoms with Crippen LogP contribution in [0.15, 0.2) is 34.1 Å². The van der Waals surface area contributed by atoms with Gasteiger partial charge in [-0.25, -0.2) is 9.78 Å². The Kier molecular flexibility index (Phi) is 6.00. The van der Waals surface area contributed by atoms with Crippen molar-refractivity contribution in [3.05, 3.63) is 56.5 Å². The first-order valence-electron chi connectivity index (χ1n) is 11.0. The lowest BCUT2D eigenvalue weighted by atomic mass is 10.1. The fourth-order valence-electron chi connectivity index (χ4n) is 4.49. The van der Waals surface area contributed by atoms with Crippen molar-refractivity contribution in [1.29, 1.82) is 0 Å². The van der Waals surface area contributed by atoms with E-state index in [9.17, 15) is 9.59 Å². The van der Waals surface area contributed by atoms with Gasteiger partial charge in [0.25, 0.3) is 5.56 Å². The Labute approximate surface area is 182 Å². The second-order valence-corrected chi connectivity index (χ2v) is 8.58. The molecule has 31 heavy (non-hydrogen) atoms. The first-order valence-corrected chi connectivity index (χ1v) is 11.0. The quantitative estimate of drug-likeness (QED) is 0.563. The number of nitrogens with zero attached hydrogens (tertiary/aromatic N) is 6. The molecule has 0 spiro atoms. The molecule has 0 bridgehead atoms. The van der Waals surface area contributed by atoms with Crippen molar-refractivity contribution < 1.29 is 0 Å². The maximum absolute atomic E-state index is 12.8. The molecule has 1 fully saturated rings. The molecule has 1 aromatic carbocycles. The van der Waals surface area contributed by atoms with Gasteiger partial charge in [-0.3, -0.25) is 18.8 Å². The minimum absolute atomic E-state index is 0.250. The molecule has 8 nitrogen and oxygen atoms in total. The third-order valence-corrected chi connectivity index (χ3v) is 6.60. The van der Waals surface area contributed by atoms with Gasteiger partial charge in [0.15, 0.2) is 11.2 Å². The lowest BCUT2D eigenvalue weighted by Gasteiger charge is -2.37. The van der Waals surface area contributed by atoms with Gasteiger partial charge in [0.1, 0.15) is 0 Å². The van der Waals surface area contributed by atoms with Crippen LogP contribution < -0.4 is 16.1 Å². The van der Waals surface area contributed by atoms with Crippen molar-refractivity contribution in [1.82, 2.24) is 23.6 Å². The van der Waals surface area contributed by atoms with E-state index in [-0.39, 0.29) is 11.2 Å². The zero-order chi connectivity index (χ0) is 22.1. The van der Waals surface area contributed by atoms with Crippen molar-refractivity contribution in [2.75, 3.05) is 37.6 Å². The number of piperazine rings is 1. The van der Waals surface area contributed by atoms with Crippen LogP contribution in [0.5, 0.6) is 0 Å². The third-order valence-electron chi connectivity index (χ3n) is 6.60. The monoisotopic (exact) mass is 424 g/mol. The zero-order valence-corrected chi connectivity index (χ0v) is 19.0. The number of imidazole rings is 1. The number of hydrogen-bond acceptors (Lipinski definition) is 5. The van der Waals surface area contributed by atoms with Gasteiger partial charge in [-0.2, -0.15) is 0 Å². The third kappa shape index (κ3) is 4.04. The van der Waals surface area contributed by atoms with Gasteiger partial charge in [0.2, 0.25) is 0 Å². The van der Waals surface area contributed by atoms with Crippen LogP contribution in [-0.4, -0.2) is 56.3 Å². The maximum atomic E-state index is 12.8. The molecule has 3 heterocycles. The van der Waals surface area contributed by atoms with Gasteiger partial charge in [0.05, 0.1) is 6.33 Å². The fourth-order valence-corrected chi connectivity index (χ4v) is 4.49. The lowest BCUT2D eigenvalue weighted by molar-refractivity contribution is 0.251. The van der Waals surface area contributed by atoms with Crippen LogP contribution in [0.2, 0.25) is 0 Å². The summed E-state index contributed by atoms with van der Waals surface area (Å²) in [4.78, 5) is 34.5. The second kappa shape index (κ2) is 8.70. The van der Waals surface area contributed by atoms with Crippen LogP contribution in [0, 0.1) is 13.8 Å². The predicted molar refractivity (Wildman–Crippen MR) is 124 cm³/mol. The molecule has 0 aliphatic carbocycles. The number of aryl methyl sites for hydroxylation is 3. The van der Waals surface area contributed by atoms with Gasteiger partial charge in [0, 0.05) is 52.5 Å². The second-order valence-electron chi connectivity index (χ2n) is 8.58. The first kappa shape index (κ1) is 21.4. The summed E-state index contributed by atoms with van der Waals surface area (Å²) in [5, 5.41) is 0. The van der Waals surface area contributed by atoms with Crippen molar-refractivity contribution in [3.63, 3.8) is 0 Å². The highest BCUT2D eigenvalue weighted by molar-refractivity contribution is 5.69. The summed E-state index contributed by atoms with van der Waals surface area (Å²) in [6.45, 7) is 9.93. The van der Waals surface area contributed by atoms with Gasteiger partial charge in [-0.1, -0.05) is 12.1 Å². The smallest absolute Gasteiger partial charge is 0.332 e. The van der Waals surface area contributed by atoms with Crippen LogP contribution in [-0.2, 0) is 20.6 Å². The molecule has 0 radical (unpaired) electrons. The summed E-state index contributed by atoms with van der Waals surface area (Å²) >= 11 is 0. The van der Waals surface area contributed by atoms with E-state index < -0.39 is 0 Å². The molecule has 0 saturated carbocycles. The minimum Gasteiger partial charge on any atom is -0.369 e. The van der Waals surface area contributed by atoms with E-state index in [4.69, 9.17) is 0 Å². The van der Waals surface area contributed by atoms with Crippen LogP contribution in [0.1, 0.15) is 24.0 Å². The van der Waals surface area contributed by atoms with Crippen molar-refractivity contribution in [2.45, 2.75) is 33.2 Å². The van der Waals surface area contributed by atoms with Crippen molar-refractivity contribution in [3.8, 4) is 0 Å². The molecule has 0 unspecified atom stereocenters. The largest absolute Gasteiger partial charge is 0.369 e. The standard InChI is InChI=1S/C23H32N6O2/c1-17-8-7-9-19(18(17)2)28-14-12-27(13-15-28)10-5-6-11-29-22(30)20-21(24-16-25(20)3)26(4)23(29)31/h7-9,16H,5-6,10-15H2,1-4H3. The Bertz CT molecular complexity index is 1200. The van der Waals surface area contributed by atoms with E-state index >= 15 is 0 Å². The summed E-state index contributed by atoms with van der Waals surface area (Å²) in [5.74, 6) is 0. The Morgan fingerprint density at radius 3 is 2.42 bits per heavy atom. The molecule has 8 heteroatoms. The highest BCUT2D eigenvalue weighted by atomic mass is 16.2. The highest BCUT2D eigenvalue weighted by Crippen LogP contribution is 2.23. The number of fused-ring (bicyclic) bond motifs is 1. The molecule has 1 saturated heterocycles. The number of rotatable bonds is 6. The number of aromatic nitrogens is 4. The van der Waals surface area contributed by atoms with E-state index in [2.05, 4.69) is 46.8 Å². The molecule has 3 aromatic rings. The van der Waals surface area contributed by atoms with E-state index in [1.807, 2.05) is 0 Å². The average molecular weight is 425 g/mol. The molecule has 2 aromatic heterocycles. The summed E-state index contributed by atoms with van der Waals surface area (Å²) in [6, 6.07) is 6.52. The van der Waals surface area contributed by atoms with Gasteiger partial charge < -0.3 is 9.47 Å². The van der Waals surface area contributed by atoms with Gasteiger partial charge in [-0.05, 0) is 50.4 Å². The summed E-state index contributed by atoms with van der Waals surface area (Å²) in [6.07, 6.45) is 3.34. The maximum Gasteiger partial charge on any atom is 0.332 e. The lowest BCUT2D eigenvalue weighted by Crippen LogP contribution is -2.47. The first-order chi connectivity index (χ1) is 14.9. The Balaban J connectivity index is 1.32. The Hall–Kier alpha value is -2.87. The molecule has 0 amide bonds. The topological polar surface area (TPSA) is 68.3 Å². The Morgan fingerprint density at radius 2 is 1.68 bits per heavy atom. The normalized spacial score (nSPS) is 15.2. The molecule has 1 aliphatic rings. The Morgan fingerprint density at radius 1 is 0.968 bits per heavy atom. The van der Waals surface area contributed by atoms with E-state index in [1.165, 1.54) is 25.9 Å². The van der Waals surface area contributed by atoms with Gasteiger partial charge in [-0.15, -0.1) is 0 Å². The number of hydrogen-bond donors (Lipinski definition) is 0. The zero-order valence-electron chi connectivity index (χ0n) is 19.0. The SMILES string of the molecule is Cc1cccc(N2CCN(CCCCn3c(=O)c4c(ncn4C)n(C)c3=O)CC2)c1C. The van der Waals surface area contributed by atoms with Gasteiger partial charge >= 0.3 is 5.69 Å². The van der Waals surface area contributed by atoms with Crippen molar-refractivity contribution >= 4 is 16.9 Å². The minimum atomic E-state index is -0.293. The predicted octanol–water partition coefficient (Wildman–Crippen LogP) is 1.65. The molecule has 4 rings (SSSR count). The van der Waals surface area contributed by atoms with E-state index in [1.54, 1.807) is 25.0 Å². The molecule has 1 aliphatic heterocycles. The molecule has 0 N–H and O–H groups in total. The van der Waals surface area contributed by atoms with Crippen LogP contribution in [0.25, 0.3) is 11.2 Å². The summed E-state index contributed by atoms with van der Waals surface area (Å²) in [7, 11) is 3.45. The highest BCUT2D eigenvalue weighted by Gasteiger charge is 2.19. The van der Waals surface area contributed by atoms with E-state index in [0.29, 0.717) is 17.7 Å². The number of benzene rings is 1. The number of anilines is 1. The molecular weight excluding hydrogens is 392 g/mol. The summed E-state index contributed by atoms with van der Waals surface area (Å²) in [5.41, 5.74) is 4.43. The molecule has 0 atom stereocenters. The van der Waals surface area contributed by atoms with Crippen LogP contribution in [0.4, 0.5) is 5.69 Å². The van der Waals surface area contributed by atoms with Crippen LogP contribution in [0.3, 0.4) is 0 Å². The summed E-state index contributed by atoms with van der Waals surface area (Å²) < 4.78 is 4.49.